The summed E-state index contributed by atoms with van der Waals surface area (Å²) < 4.78 is 12.3. The van der Waals surface area contributed by atoms with E-state index in [9.17, 15) is 14.9 Å². The van der Waals surface area contributed by atoms with Gasteiger partial charge in [-0.25, -0.2) is 0 Å². The van der Waals surface area contributed by atoms with E-state index in [1.165, 1.54) is 0 Å². The number of ether oxygens (including phenoxy) is 2. The summed E-state index contributed by atoms with van der Waals surface area (Å²) in [7, 11) is 1.60. The van der Waals surface area contributed by atoms with Crippen molar-refractivity contribution in [3.63, 3.8) is 0 Å². The van der Waals surface area contributed by atoms with Gasteiger partial charge >= 0.3 is 5.97 Å². The Morgan fingerprint density at radius 3 is 2.48 bits per heavy atom. The van der Waals surface area contributed by atoms with Crippen molar-refractivity contribution in [3.05, 3.63) is 46.6 Å². The second kappa shape index (κ2) is 10.2. The fourth-order valence-corrected chi connectivity index (χ4v) is 4.13. The number of carbonyl (C=O) groups excluding carboxylic acids is 2. The van der Waals surface area contributed by atoms with E-state index in [2.05, 4.69) is 16.0 Å². The molecule has 7 heteroatoms. The number of hydrogen-bond donors (Lipinski definition) is 1. The Kier molecular flexibility index (Phi) is 7.35. The minimum Gasteiger partial charge on any atom is -0.497 e. The van der Waals surface area contributed by atoms with Gasteiger partial charge in [0.2, 0.25) is 0 Å². The van der Waals surface area contributed by atoms with Crippen molar-refractivity contribution in [3.8, 4) is 11.8 Å². The summed E-state index contributed by atoms with van der Waals surface area (Å²) >= 11 is 0. The van der Waals surface area contributed by atoms with Gasteiger partial charge in [0.05, 0.1) is 12.7 Å². The summed E-state index contributed by atoms with van der Waals surface area (Å²) in [5.41, 5.74) is 3.33. The van der Waals surface area contributed by atoms with Gasteiger partial charge in [0.25, 0.3) is 5.91 Å². The van der Waals surface area contributed by atoms with Gasteiger partial charge in [-0.1, -0.05) is 25.0 Å². The molecule has 1 saturated carbocycles. The number of benzene rings is 1. The Hall–Kier alpha value is -3.27. The molecule has 0 saturated heterocycles. The number of nitrogens with one attached hydrogen (secondary N) is 1. The largest absolute Gasteiger partial charge is 0.497 e. The van der Waals surface area contributed by atoms with Crippen LogP contribution in [0.2, 0.25) is 0 Å². The highest BCUT2D eigenvalue weighted by Gasteiger charge is 2.26. The fraction of sp³-hybridized carbons (Fsp3) is 0.458. The molecular formula is C24H29N3O4. The van der Waals surface area contributed by atoms with Gasteiger partial charge in [0, 0.05) is 18.2 Å². The average Bonchev–Trinajstić information content (AvgIpc) is 3.38. The molecule has 1 aromatic heterocycles. The molecule has 164 valence electrons. The van der Waals surface area contributed by atoms with Gasteiger partial charge in [-0.15, -0.1) is 0 Å². The van der Waals surface area contributed by atoms with Gasteiger partial charge in [-0.2, -0.15) is 5.26 Å². The van der Waals surface area contributed by atoms with Crippen LogP contribution in [0.4, 0.5) is 5.82 Å². The smallest absolute Gasteiger partial charge is 0.306 e. The minimum absolute atomic E-state index is 0.180. The van der Waals surface area contributed by atoms with E-state index in [0.717, 1.165) is 48.3 Å². The Morgan fingerprint density at radius 2 is 1.87 bits per heavy atom. The first-order chi connectivity index (χ1) is 14.9. The molecule has 1 amide bonds. The predicted molar refractivity (Wildman–Crippen MR) is 117 cm³/mol. The standard InChI is InChI=1S/C24H29N3O4/c1-16-17(2)27(19-6-4-5-7-19)24(21(16)14-25)26-22(28)15-31-23(29)13-10-18-8-11-20(30-3)12-9-18/h8-9,11-12,19H,4-7,10,13,15H2,1-3H3,(H,26,28). The van der Waals surface area contributed by atoms with Gasteiger partial charge in [-0.3, -0.25) is 9.59 Å². The highest BCUT2D eigenvalue weighted by molar-refractivity contribution is 5.93. The number of nitrogens with zero attached hydrogens (tertiary/aromatic N) is 2. The number of anilines is 1. The third-order valence-electron chi connectivity index (χ3n) is 5.96. The quantitative estimate of drug-likeness (QED) is 0.642. The summed E-state index contributed by atoms with van der Waals surface area (Å²) in [6, 6.07) is 9.95. The molecule has 1 heterocycles. The van der Waals surface area contributed by atoms with Crippen molar-refractivity contribution in [2.45, 2.75) is 58.4 Å². The molecule has 1 fully saturated rings. The second-order valence-electron chi connectivity index (χ2n) is 7.91. The normalized spacial score (nSPS) is 13.6. The van der Waals surface area contributed by atoms with Crippen molar-refractivity contribution in [2.75, 3.05) is 19.0 Å². The maximum atomic E-state index is 12.5. The summed E-state index contributed by atoms with van der Waals surface area (Å²) in [5.74, 6) is 0.396. The zero-order valence-electron chi connectivity index (χ0n) is 18.4. The number of rotatable bonds is 8. The number of nitriles is 1. The van der Waals surface area contributed by atoms with E-state index < -0.39 is 11.9 Å². The van der Waals surface area contributed by atoms with E-state index in [0.29, 0.717) is 17.8 Å². The van der Waals surface area contributed by atoms with E-state index in [-0.39, 0.29) is 19.1 Å². The van der Waals surface area contributed by atoms with Gasteiger partial charge < -0.3 is 19.4 Å². The number of carbonyl (C=O) groups is 2. The lowest BCUT2D eigenvalue weighted by molar-refractivity contribution is -0.147. The molecule has 1 aliphatic carbocycles. The molecule has 31 heavy (non-hydrogen) atoms. The Balaban J connectivity index is 1.57. The Bertz CT molecular complexity index is 980. The van der Waals surface area contributed by atoms with E-state index in [1.54, 1.807) is 7.11 Å². The summed E-state index contributed by atoms with van der Waals surface area (Å²) in [5, 5.41) is 12.4. The van der Waals surface area contributed by atoms with Crippen LogP contribution in [-0.2, 0) is 20.7 Å². The maximum Gasteiger partial charge on any atom is 0.306 e. The number of hydrogen-bond acceptors (Lipinski definition) is 5. The summed E-state index contributed by atoms with van der Waals surface area (Å²) in [6.07, 6.45) is 5.04. The van der Waals surface area contributed by atoms with Gasteiger partial charge in [0.1, 0.15) is 17.6 Å². The molecule has 0 spiro atoms. The molecule has 1 aliphatic rings. The molecule has 0 unspecified atom stereocenters. The highest BCUT2D eigenvalue weighted by atomic mass is 16.5. The lowest BCUT2D eigenvalue weighted by atomic mass is 10.1. The monoisotopic (exact) mass is 423 g/mol. The topological polar surface area (TPSA) is 93.3 Å². The first-order valence-corrected chi connectivity index (χ1v) is 10.6. The molecule has 0 aliphatic heterocycles. The van der Waals surface area contributed by atoms with Crippen LogP contribution < -0.4 is 10.1 Å². The minimum atomic E-state index is -0.440. The first-order valence-electron chi connectivity index (χ1n) is 10.6. The van der Waals surface area contributed by atoms with Gasteiger partial charge in [-0.05, 0) is 56.4 Å². The van der Waals surface area contributed by atoms with Crippen molar-refractivity contribution in [2.24, 2.45) is 0 Å². The molecule has 1 N–H and O–H groups in total. The van der Waals surface area contributed by atoms with E-state index in [4.69, 9.17) is 9.47 Å². The van der Waals surface area contributed by atoms with Crippen LogP contribution in [0.25, 0.3) is 0 Å². The second-order valence-corrected chi connectivity index (χ2v) is 7.91. The third-order valence-corrected chi connectivity index (χ3v) is 5.96. The number of esters is 1. The van der Waals surface area contributed by atoms with Crippen LogP contribution in [0.1, 0.15) is 60.5 Å². The molecule has 0 radical (unpaired) electrons. The van der Waals surface area contributed by atoms with Crippen LogP contribution in [0.3, 0.4) is 0 Å². The zero-order valence-corrected chi connectivity index (χ0v) is 18.4. The highest BCUT2D eigenvalue weighted by Crippen LogP contribution is 2.37. The van der Waals surface area contributed by atoms with Crippen LogP contribution in [0.5, 0.6) is 5.75 Å². The van der Waals surface area contributed by atoms with Crippen molar-refractivity contribution < 1.29 is 19.1 Å². The van der Waals surface area contributed by atoms with Crippen LogP contribution in [0, 0.1) is 25.2 Å². The first kappa shape index (κ1) is 22.4. The van der Waals surface area contributed by atoms with Crippen LogP contribution >= 0.6 is 0 Å². The Morgan fingerprint density at radius 1 is 1.19 bits per heavy atom. The summed E-state index contributed by atoms with van der Waals surface area (Å²) in [6.45, 7) is 3.50. The molecule has 2 aromatic rings. The fourth-order valence-electron chi connectivity index (χ4n) is 4.13. The molecule has 0 bridgehead atoms. The number of methoxy groups -OCH3 is 1. The summed E-state index contributed by atoms with van der Waals surface area (Å²) in [4.78, 5) is 24.6. The zero-order chi connectivity index (χ0) is 22.4. The average molecular weight is 424 g/mol. The molecule has 7 nitrogen and oxygen atoms in total. The van der Waals surface area contributed by atoms with E-state index >= 15 is 0 Å². The predicted octanol–water partition coefficient (Wildman–Crippen LogP) is 4.21. The lowest BCUT2D eigenvalue weighted by Gasteiger charge is -2.19. The Labute approximate surface area is 183 Å². The number of aryl methyl sites for hydroxylation is 1. The molecular weight excluding hydrogens is 394 g/mol. The van der Waals surface area contributed by atoms with E-state index in [1.807, 2.05) is 38.1 Å². The molecule has 1 aromatic carbocycles. The van der Waals surface area contributed by atoms with Gasteiger partial charge in [0.15, 0.2) is 6.61 Å². The van der Waals surface area contributed by atoms with Crippen LogP contribution in [0.15, 0.2) is 24.3 Å². The van der Waals surface area contributed by atoms with Crippen molar-refractivity contribution >= 4 is 17.7 Å². The molecule has 0 atom stereocenters. The third kappa shape index (κ3) is 5.26. The maximum absolute atomic E-state index is 12.5. The SMILES string of the molecule is COc1ccc(CCC(=O)OCC(=O)Nc2c(C#N)c(C)c(C)n2C2CCCC2)cc1. The number of aromatic nitrogens is 1. The lowest BCUT2D eigenvalue weighted by Crippen LogP contribution is -2.24. The molecule has 3 rings (SSSR count). The number of amides is 1. The van der Waals surface area contributed by atoms with Crippen molar-refractivity contribution in [1.82, 2.24) is 4.57 Å². The van der Waals surface area contributed by atoms with Crippen molar-refractivity contribution in [1.29, 1.82) is 5.26 Å². The van der Waals surface area contributed by atoms with Crippen LogP contribution in [-0.4, -0.2) is 30.2 Å².